The Hall–Kier alpha value is -0.620. The molecule has 0 unspecified atom stereocenters. The van der Waals surface area contributed by atoms with Crippen molar-refractivity contribution in [2.45, 2.75) is 75.4 Å². The van der Waals surface area contributed by atoms with Gasteiger partial charge < -0.3 is 19.8 Å². The minimum atomic E-state index is -0.381. The maximum Gasteiger partial charge on any atom is 0.248 e. The molecule has 2 aliphatic carbocycles. The Morgan fingerprint density at radius 2 is 1.93 bits per heavy atom. The van der Waals surface area contributed by atoms with Crippen molar-refractivity contribution >= 4 is 17.5 Å². The Kier molecular flexibility index (Phi) is 10.3. The fraction of sp³-hybridized carbons (Fsp3) is 0.864. The second-order valence-corrected chi connectivity index (χ2v) is 9.26. The predicted molar refractivity (Wildman–Crippen MR) is 112 cm³/mol. The fourth-order valence-corrected chi connectivity index (χ4v) is 5.12. The van der Waals surface area contributed by atoms with E-state index in [0.29, 0.717) is 18.9 Å². The summed E-state index contributed by atoms with van der Waals surface area (Å²) in [7, 11) is 3.41. The molecule has 2 aliphatic rings. The van der Waals surface area contributed by atoms with Crippen molar-refractivity contribution in [3.63, 3.8) is 0 Å². The van der Waals surface area contributed by atoms with Crippen molar-refractivity contribution < 1.29 is 19.7 Å². The summed E-state index contributed by atoms with van der Waals surface area (Å²) < 4.78 is 5.35. The van der Waals surface area contributed by atoms with Crippen LogP contribution in [0.5, 0.6) is 0 Å². The summed E-state index contributed by atoms with van der Waals surface area (Å²) in [6, 6.07) is 0. The van der Waals surface area contributed by atoms with Gasteiger partial charge in [-0.2, -0.15) is 0 Å². The molecule has 0 aliphatic heterocycles. The molecule has 5 nitrogen and oxygen atoms in total. The zero-order chi connectivity index (χ0) is 20.5. The predicted octanol–water partition coefficient (Wildman–Crippen LogP) is 3.36. The quantitative estimate of drug-likeness (QED) is 0.326. The third-order valence-corrected chi connectivity index (χ3v) is 6.98. The lowest BCUT2D eigenvalue weighted by atomic mass is 9.81. The van der Waals surface area contributed by atoms with Gasteiger partial charge in [0.2, 0.25) is 5.91 Å². The topological polar surface area (TPSA) is 70.0 Å². The van der Waals surface area contributed by atoms with E-state index in [-0.39, 0.29) is 41.9 Å². The van der Waals surface area contributed by atoms with Gasteiger partial charge in [-0.15, -0.1) is 11.6 Å². The molecule has 0 spiro atoms. The first-order chi connectivity index (χ1) is 13.4. The fourth-order valence-electron chi connectivity index (χ4n) is 4.65. The standard InChI is InChI=1S/C22H38ClNO4/c1-24(2)22(27)15-28-13-7-6-10-17-18(21(26)14-19(17)23)11-12-20(25)16-8-4-3-5-9-16/h6-7,16-21,25-26H,3-5,8-15H2,1-2H3/b7-6-/t17-,18-,19-,20-,21-/m1/s1. The molecule has 6 heteroatoms. The minimum Gasteiger partial charge on any atom is -0.393 e. The second kappa shape index (κ2) is 12.2. The van der Waals surface area contributed by atoms with Gasteiger partial charge in [-0.3, -0.25) is 4.79 Å². The first-order valence-electron chi connectivity index (χ1n) is 10.8. The van der Waals surface area contributed by atoms with E-state index >= 15 is 0 Å². The van der Waals surface area contributed by atoms with Gasteiger partial charge in [-0.1, -0.05) is 31.4 Å². The number of hydrogen-bond acceptors (Lipinski definition) is 4. The van der Waals surface area contributed by atoms with Crippen LogP contribution in [0.2, 0.25) is 0 Å². The molecule has 0 saturated heterocycles. The zero-order valence-corrected chi connectivity index (χ0v) is 18.2. The van der Waals surface area contributed by atoms with Crippen LogP contribution in [-0.2, 0) is 9.53 Å². The van der Waals surface area contributed by atoms with Crippen molar-refractivity contribution in [2.75, 3.05) is 27.3 Å². The molecule has 0 bridgehead atoms. The number of hydrogen-bond donors (Lipinski definition) is 2. The molecular formula is C22H38ClNO4. The third-order valence-electron chi connectivity index (χ3n) is 6.48. The van der Waals surface area contributed by atoms with E-state index < -0.39 is 0 Å². The van der Waals surface area contributed by atoms with E-state index in [1.165, 1.54) is 24.2 Å². The minimum absolute atomic E-state index is 0.0345. The van der Waals surface area contributed by atoms with Crippen molar-refractivity contribution in [2.24, 2.45) is 17.8 Å². The van der Waals surface area contributed by atoms with Gasteiger partial charge in [0.1, 0.15) is 6.61 Å². The average Bonchev–Trinajstić information content (AvgIpc) is 2.95. The van der Waals surface area contributed by atoms with Crippen molar-refractivity contribution in [3.05, 3.63) is 12.2 Å². The van der Waals surface area contributed by atoms with Gasteiger partial charge in [0.15, 0.2) is 0 Å². The smallest absolute Gasteiger partial charge is 0.248 e. The lowest BCUT2D eigenvalue weighted by molar-refractivity contribution is -0.133. The highest BCUT2D eigenvalue weighted by Crippen LogP contribution is 2.42. The number of likely N-dealkylation sites (N-methyl/N-ethyl adjacent to an activating group) is 1. The second-order valence-electron chi connectivity index (χ2n) is 8.70. The number of rotatable bonds is 10. The number of aliphatic hydroxyl groups is 2. The van der Waals surface area contributed by atoms with Crippen LogP contribution in [0.15, 0.2) is 12.2 Å². The lowest BCUT2D eigenvalue weighted by Gasteiger charge is -2.29. The monoisotopic (exact) mass is 415 g/mol. The number of carbonyl (C=O) groups excluding carboxylic acids is 1. The lowest BCUT2D eigenvalue weighted by Crippen LogP contribution is -2.27. The highest BCUT2D eigenvalue weighted by Gasteiger charge is 2.40. The van der Waals surface area contributed by atoms with Crippen LogP contribution in [0.25, 0.3) is 0 Å². The molecule has 162 valence electrons. The van der Waals surface area contributed by atoms with Gasteiger partial charge in [0.05, 0.1) is 18.8 Å². The van der Waals surface area contributed by atoms with Gasteiger partial charge >= 0.3 is 0 Å². The summed E-state index contributed by atoms with van der Waals surface area (Å²) in [6.07, 6.45) is 12.4. The zero-order valence-electron chi connectivity index (χ0n) is 17.4. The molecule has 5 atom stereocenters. The number of ether oxygens (including phenoxy) is 1. The summed E-state index contributed by atoms with van der Waals surface area (Å²) in [6.45, 7) is 0.478. The van der Waals surface area contributed by atoms with Gasteiger partial charge in [-0.25, -0.2) is 0 Å². The average molecular weight is 416 g/mol. The van der Waals surface area contributed by atoms with Crippen molar-refractivity contribution in [3.8, 4) is 0 Å². The molecule has 28 heavy (non-hydrogen) atoms. The van der Waals surface area contributed by atoms with Crippen LogP contribution in [0.1, 0.15) is 57.8 Å². The largest absolute Gasteiger partial charge is 0.393 e. The van der Waals surface area contributed by atoms with E-state index in [1.807, 2.05) is 12.2 Å². The summed E-state index contributed by atoms with van der Waals surface area (Å²) in [5.74, 6) is 0.737. The maximum atomic E-state index is 11.5. The SMILES string of the molecule is CN(C)C(=O)COC/C=C\C[C@@H]1[C@@H](CC[C@@H](O)C2CCCCC2)[C@H](O)C[C@H]1Cl. The molecule has 0 aromatic rings. The number of allylic oxidation sites excluding steroid dienone is 1. The number of amides is 1. The Labute approximate surface area is 175 Å². The van der Waals surface area contributed by atoms with Crippen LogP contribution < -0.4 is 0 Å². The normalized spacial score (nSPS) is 30.0. The Morgan fingerprint density at radius 1 is 1.21 bits per heavy atom. The molecular weight excluding hydrogens is 378 g/mol. The summed E-state index contributed by atoms with van der Waals surface area (Å²) >= 11 is 6.51. The van der Waals surface area contributed by atoms with Gasteiger partial charge in [0.25, 0.3) is 0 Å². The van der Waals surface area contributed by atoms with E-state index in [9.17, 15) is 15.0 Å². The van der Waals surface area contributed by atoms with Crippen LogP contribution in [0.3, 0.4) is 0 Å². The van der Waals surface area contributed by atoms with E-state index in [0.717, 1.165) is 32.1 Å². The van der Waals surface area contributed by atoms with Crippen LogP contribution in [0.4, 0.5) is 0 Å². The Bertz CT molecular complexity index is 493. The molecule has 0 aromatic heterocycles. The first kappa shape index (κ1) is 23.7. The van der Waals surface area contributed by atoms with E-state index in [4.69, 9.17) is 16.3 Å². The van der Waals surface area contributed by atoms with Crippen molar-refractivity contribution in [1.29, 1.82) is 0 Å². The van der Waals surface area contributed by atoms with Gasteiger partial charge in [-0.05, 0) is 56.3 Å². The highest BCUT2D eigenvalue weighted by atomic mass is 35.5. The summed E-state index contributed by atoms with van der Waals surface area (Å²) in [4.78, 5) is 13.0. The third kappa shape index (κ3) is 7.33. The highest BCUT2D eigenvalue weighted by molar-refractivity contribution is 6.21. The number of nitrogens with zero attached hydrogens (tertiary/aromatic N) is 1. The Balaban J connectivity index is 1.74. The van der Waals surface area contributed by atoms with Crippen molar-refractivity contribution in [1.82, 2.24) is 4.90 Å². The van der Waals surface area contributed by atoms with Gasteiger partial charge in [0, 0.05) is 19.5 Å². The van der Waals surface area contributed by atoms with E-state index in [2.05, 4.69) is 0 Å². The molecule has 2 N–H and O–H groups in total. The summed E-state index contributed by atoms with van der Waals surface area (Å²) in [5.41, 5.74) is 0. The number of halogens is 1. The number of aliphatic hydroxyl groups excluding tert-OH is 2. The van der Waals surface area contributed by atoms with E-state index in [1.54, 1.807) is 14.1 Å². The molecule has 2 rings (SSSR count). The molecule has 1 amide bonds. The maximum absolute atomic E-state index is 11.5. The van der Waals surface area contributed by atoms with Crippen LogP contribution in [-0.4, -0.2) is 65.9 Å². The Morgan fingerprint density at radius 3 is 2.61 bits per heavy atom. The molecule has 2 saturated carbocycles. The molecule has 0 aromatic carbocycles. The van der Waals surface area contributed by atoms with Crippen LogP contribution in [0, 0.1) is 17.8 Å². The molecule has 2 fully saturated rings. The molecule has 0 heterocycles. The summed E-state index contributed by atoms with van der Waals surface area (Å²) in [5, 5.41) is 21.0. The molecule has 0 radical (unpaired) electrons. The van der Waals surface area contributed by atoms with Crippen LogP contribution >= 0.6 is 11.6 Å². The number of carbonyl (C=O) groups is 1. The number of alkyl halides is 1. The first-order valence-corrected chi connectivity index (χ1v) is 11.3.